The first-order valence-corrected chi connectivity index (χ1v) is 14.0. The zero-order chi connectivity index (χ0) is 28.4. The molecular formula is C31H42N4O5. The predicted octanol–water partition coefficient (Wildman–Crippen LogP) is 3.53. The number of rotatable bonds is 20. The second-order valence-electron chi connectivity index (χ2n) is 9.51. The van der Waals surface area contributed by atoms with Crippen LogP contribution in [-0.2, 0) is 20.8 Å². The quantitative estimate of drug-likeness (QED) is 0.163. The standard InChI is InChI=1S/C31H42N4O5/c1-3-17-38-19-15-35(31(26-12-10-25(2)11-13-26)29-8-5-9-30(37)34-29)16-20-40-22-21-39-18-14-32-23-27-6-4-7-28(24-36)33-27/h4-13,24,31-32H,3,14-23H2,1-2H3,(H,34,37). The number of aldehydes is 1. The topological polar surface area (TPSA) is 106 Å². The number of H-pyrrole nitrogens is 1. The summed E-state index contributed by atoms with van der Waals surface area (Å²) < 4.78 is 17.4. The lowest BCUT2D eigenvalue weighted by atomic mass is 10.00. The number of aryl methyl sites for hydroxylation is 1. The normalized spacial score (nSPS) is 12.1. The van der Waals surface area contributed by atoms with Crippen LogP contribution in [0.4, 0.5) is 0 Å². The SMILES string of the molecule is CCCOCCN(CCOCCOCCNCc1cccc(C=O)n1)C(c1ccc(C)cc1)c1cccc(=O)[nH]1. The van der Waals surface area contributed by atoms with E-state index in [4.69, 9.17) is 14.2 Å². The molecule has 2 heterocycles. The molecular weight excluding hydrogens is 508 g/mol. The van der Waals surface area contributed by atoms with Crippen LogP contribution in [0.3, 0.4) is 0 Å². The van der Waals surface area contributed by atoms with Gasteiger partial charge in [0, 0.05) is 44.5 Å². The van der Waals surface area contributed by atoms with E-state index in [0.717, 1.165) is 36.3 Å². The van der Waals surface area contributed by atoms with Gasteiger partial charge in [-0.25, -0.2) is 4.98 Å². The zero-order valence-corrected chi connectivity index (χ0v) is 23.6. The van der Waals surface area contributed by atoms with Gasteiger partial charge in [0.2, 0.25) is 5.56 Å². The molecule has 0 aliphatic carbocycles. The minimum atomic E-state index is -0.132. The summed E-state index contributed by atoms with van der Waals surface area (Å²) in [5.41, 5.74) is 4.26. The van der Waals surface area contributed by atoms with E-state index >= 15 is 0 Å². The fourth-order valence-corrected chi connectivity index (χ4v) is 4.29. The third-order valence-electron chi connectivity index (χ3n) is 6.29. The number of nitrogens with zero attached hydrogens (tertiary/aromatic N) is 2. The number of pyridine rings is 2. The molecule has 3 aromatic rings. The molecule has 1 atom stereocenters. The van der Waals surface area contributed by atoms with Crippen LogP contribution in [0.5, 0.6) is 0 Å². The number of hydrogen-bond donors (Lipinski definition) is 2. The lowest BCUT2D eigenvalue weighted by Crippen LogP contribution is -2.36. The molecule has 0 spiro atoms. The summed E-state index contributed by atoms with van der Waals surface area (Å²) in [6.45, 7) is 10.1. The van der Waals surface area contributed by atoms with Gasteiger partial charge in [-0.15, -0.1) is 0 Å². The Morgan fingerprint density at radius 3 is 2.30 bits per heavy atom. The lowest BCUT2D eigenvalue weighted by molar-refractivity contribution is 0.0290. The van der Waals surface area contributed by atoms with E-state index in [2.05, 4.69) is 58.3 Å². The highest BCUT2D eigenvalue weighted by atomic mass is 16.5. The predicted molar refractivity (Wildman–Crippen MR) is 156 cm³/mol. The number of benzene rings is 1. The Hall–Kier alpha value is -3.21. The minimum Gasteiger partial charge on any atom is -0.380 e. The maximum absolute atomic E-state index is 12.2. The van der Waals surface area contributed by atoms with Gasteiger partial charge in [0.25, 0.3) is 0 Å². The molecule has 2 N–H and O–H groups in total. The maximum atomic E-state index is 12.2. The fraction of sp³-hybridized carbons (Fsp3) is 0.452. The van der Waals surface area contributed by atoms with Crippen LogP contribution >= 0.6 is 0 Å². The number of hydrogen-bond acceptors (Lipinski definition) is 8. The van der Waals surface area contributed by atoms with E-state index in [-0.39, 0.29) is 11.6 Å². The van der Waals surface area contributed by atoms with Crippen molar-refractivity contribution in [2.45, 2.75) is 32.9 Å². The van der Waals surface area contributed by atoms with Gasteiger partial charge in [0.15, 0.2) is 6.29 Å². The number of carbonyl (C=O) groups excluding carboxylic acids is 1. The Morgan fingerprint density at radius 2 is 1.60 bits per heavy atom. The smallest absolute Gasteiger partial charge is 0.248 e. The van der Waals surface area contributed by atoms with Crippen LogP contribution in [-0.4, -0.2) is 80.4 Å². The molecule has 0 saturated heterocycles. The van der Waals surface area contributed by atoms with Crippen LogP contribution in [0, 0.1) is 6.92 Å². The summed E-state index contributed by atoms with van der Waals surface area (Å²) in [7, 11) is 0. The van der Waals surface area contributed by atoms with E-state index in [0.29, 0.717) is 64.9 Å². The van der Waals surface area contributed by atoms with E-state index in [9.17, 15) is 9.59 Å². The number of ether oxygens (including phenoxy) is 3. The highest BCUT2D eigenvalue weighted by Crippen LogP contribution is 2.27. The summed E-state index contributed by atoms with van der Waals surface area (Å²) in [5, 5.41) is 3.26. The van der Waals surface area contributed by atoms with Crippen molar-refractivity contribution in [1.82, 2.24) is 20.2 Å². The Labute approximate surface area is 236 Å². The molecule has 216 valence electrons. The molecule has 0 saturated carbocycles. The van der Waals surface area contributed by atoms with Crippen molar-refractivity contribution in [3.63, 3.8) is 0 Å². The Kier molecular flexibility index (Phi) is 14.2. The lowest BCUT2D eigenvalue weighted by Gasteiger charge is -2.32. The van der Waals surface area contributed by atoms with E-state index < -0.39 is 0 Å². The second-order valence-corrected chi connectivity index (χ2v) is 9.51. The summed E-state index contributed by atoms with van der Waals surface area (Å²) in [6.07, 6.45) is 1.72. The number of aromatic nitrogens is 2. The summed E-state index contributed by atoms with van der Waals surface area (Å²) in [5.74, 6) is 0. The Bertz CT molecular complexity index is 1180. The van der Waals surface area contributed by atoms with Crippen LogP contribution in [0.15, 0.2) is 65.5 Å². The van der Waals surface area contributed by atoms with Crippen molar-refractivity contribution in [2.24, 2.45) is 0 Å². The Balaban J connectivity index is 1.47. The average molecular weight is 551 g/mol. The molecule has 1 unspecified atom stereocenters. The number of aromatic amines is 1. The molecule has 1 aromatic carbocycles. The van der Waals surface area contributed by atoms with E-state index in [1.165, 1.54) is 11.6 Å². The molecule has 9 heteroatoms. The van der Waals surface area contributed by atoms with Gasteiger partial charge in [-0.3, -0.25) is 14.5 Å². The van der Waals surface area contributed by atoms with Gasteiger partial charge in [-0.05, 0) is 37.1 Å². The highest BCUT2D eigenvalue weighted by molar-refractivity contribution is 5.71. The third-order valence-corrected chi connectivity index (χ3v) is 6.29. The average Bonchev–Trinajstić information content (AvgIpc) is 2.97. The first-order valence-electron chi connectivity index (χ1n) is 14.0. The summed E-state index contributed by atoms with van der Waals surface area (Å²) in [6, 6.07) is 19.0. The number of carbonyl (C=O) groups is 1. The van der Waals surface area contributed by atoms with Gasteiger partial charge >= 0.3 is 0 Å². The van der Waals surface area contributed by atoms with Crippen LogP contribution in [0.2, 0.25) is 0 Å². The van der Waals surface area contributed by atoms with Crippen LogP contribution < -0.4 is 10.9 Å². The maximum Gasteiger partial charge on any atom is 0.248 e. The molecule has 0 amide bonds. The monoisotopic (exact) mass is 550 g/mol. The second kappa shape index (κ2) is 18.2. The van der Waals surface area contributed by atoms with E-state index in [1.807, 2.05) is 18.2 Å². The summed E-state index contributed by atoms with van der Waals surface area (Å²) >= 11 is 0. The molecule has 40 heavy (non-hydrogen) atoms. The van der Waals surface area contributed by atoms with Crippen molar-refractivity contribution in [3.05, 3.63) is 99.2 Å². The molecule has 9 nitrogen and oxygen atoms in total. The molecule has 3 rings (SSSR count). The minimum absolute atomic E-state index is 0.120. The van der Waals surface area contributed by atoms with Gasteiger partial charge in [-0.2, -0.15) is 0 Å². The van der Waals surface area contributed by atoms with E-state index in [1.54, 1.807) is 12.1 Å². The van der Waals surface area contributed by atoms with Crippen molar-refractivity contribution >= 4 is 6.29 Å². The van der Waals surface area contributed by atoms with Crippen LogP contribution in [0.1, 0.15) is 52.4 Å². The largest absolute Gasteiger partial charge is 0.380 e. The molecule has 0 fully saturated rings. The number of nitrogens with one attached hydrogen (secondary N) is 2. The molecule has 0 aliphatic heterocycles. The van der Waals surface area contributed by atoms with Gasteiger partial charge < -0.3 is 24.5 Å². The molecule has 2 aromatic heterocycles. The van der Waals surface area contributed by atoms with Gasteiger partial charge in [0.1, 0.15) is 5.69 Å². The third kappa shape index (κ3) is 11.1. The van der Waals surface area contributed by atoms with Crippen molar-refractivity contribution in [1.29, 1.82) is 0 Å². The highest BCUT2D eigenvalue weighted by Gasteiger charge is 2.23. The van der Waals surface area contributed by atoms with Crippen molar-refractivity contribution in [3.8, 4) is 0 Å². The summed E-state index contributed by atoms with van der Waals surface area (Å²) in [4.78, 5) is 32.6. The molecule has 0 bridgehead atoms. The van der Waals surface area contributed by atoms with Crippen molar-refractivity contribution in [2.75, 3.05) is 59.3 Å². The van der Waals surface area contributed by atoms with Crippen LogP contribution in [0.25, 0.3) is 0 Å². The molecule has 0 radical (unpaired) electrons. The first-order chi connectivity index (χ1) is 19.6. The van der Waals surface area contributed by atoms with Crippen molar-refractivity contribution < 1.29 is 19.0 Å². The zero-order valence-electron chi connectivity index (χ0n) is 23.6. The van der Waals surface area contributed by atoms with Gasteiger partial charge in [0.05, 0.1) is 44.8 Å². The Morgan fingerprint density at radius 1 is 0.900 bits per heavy atom. The van der Waals surface area contributed by atoms with Gasteiger partial charge in [-0.1, -0.05) is 48.9 Å². The first kappa shape index (κ1) is 31.3. The fourth-order valence-electron chi connectivity index (χ4n) is 4.29. The molecule has 0 aliphatic rings.